The molecule has 0 saturated heterocycles. The molecule has 5 heteroatoms. The standard InChI is InChI=1S/C15H21BrN4/c1-4-20(9-5-8-19(2)3)14-6-7-17-13-10-12(16)11-18-15(13)14/h6-7,10-11H,4-5,8-9H2,1-3H3. The third-order valence-corrected chi connectivity index (χ3v) is 3.71. The third kappa shape index (κ3) is 3.67. The van der Waals surface area contributed by atoms with E-state index in [-0.39, 0.29) is 0 Å². The van der Waals surface area contributed by atoms with Crippen LogP contribution < -0.4 is 4.90 Å². The molecule has 2 aromatic heterocycles. The molecular weight excluding hydrogens is 316 g/mol. The fraction of sp³-hybridized carbons (Fsp3) is 0.467. The summed E-state index contributed by atoms with van der Waals surface area (Å²) in [6, 6.07) is 4.07. The first-order valence-electron chi connectivity index (χ1n) is 6.91. The molecule has 2 aromatic rings. The minimum absolute atomic E-state index is 0.933. The highest BCUT2D eigenvalue weighted by molar-refractivity contribution is 9.10. The van der Waals surface area contributed by atoms with Gasteiger partial charge >= 0.3 is 0 Å². The second kappa shape index (κ2) is 6.99. The van der Waals surface area contributed by atoms with Crippen LogP contribution in [-0.4, -0.2) is 48.6 Å². The van der Waals surface area contributed by atoms with Gasteiger partial charge in [-0.25, -0.2) is 0 Å². The molecular formula is C15H21BrN4. The molecule has 0 amide bonds. The summed E-state index contributed by atoms with van der Waals surface area (Å²) < 4.78 is 0.963. The second-order valence-corrected chi connectivity index (χ2v) is 6.00. The van der Waals surface area contributed by atoms with Gasteiger partial charge < -0.3 is 9.80 Å². The Morgan fingerprint density at radius 1 is 1.20 bits per heavy atom. The van der Waals surface area contributed by atoms with Crippen molar-refractivity contribution in [2.24, 2.45) is 0 Å². The number of rotatable bonds is 6. The van der Waals surface area contributed by atoms with E-state index in [4.69, 9.17) is 0 Å². The van der Waals surface area contributed by atoms with E-state index in [1.54, 1.807) is 0 Å². The van der Waals surface area contributed by atoms with Crippen LogP contribution in [0.15, 0.2) is 29.0 Å². The number of halogens is 1. The fourth-order valence-electron chi connectivity index (χ4n) is 2.27. The molecule has 20 heavy (non-hydrogen) atoms. The molecule has 0 atom stereocenters. The highest BCUT2D eigenvalue weighted by Crippen LogP contribution is 2.25. The summed E-state index contributed by atoms with van der Waals surface area (Å²) in [4.78, 5) is 13.5. The molecule has 2 heterocycles. The van der Waals surface area contributed by atoms with E-state index >= 15 is 0 Å². The van der Waals surface area contributed by atoms with Gasteiger partial charge in [-0.05, 0) is 62.0 Å². The molecule has 0 N–H and O–H groups in total. The molecule has 0 aliphatic carbocycles. The Bertz CT molecular complexity index is 571. The summed E-state index contributed by atoms with van der Waals surface area (Å²) in [5.74, 6) is 0. The van der Waals surface area contributed by atoms with Gasteiger partial charge in [-0.15, -0.1) is 0 Å². The van der Waals surface area contributed by atoms with Crippen LogP contribution in [0.1, 0.15) is 13.3 Å². The van der Waals surface area contributed by atoms with Crippen LogP contribution in [0.3, 0.4) is 0 Å². The van der Waals surface area contributed by atoms with E-state index in [9.17, 15) is 0 Å². The van der Waals surface area contributed by atoms with Crippen molar-refractivity contribution in [1.82, 2.24) is 14.9 Å². The third-order valence-electron chi connectivity index (χ3n) is 3.28. The van der Waals surface area contributed by atoms with Crippen LogP contribution in [0.5, 0.6) is 0 Å². The topological polar surface area (TPSA) is 32.3 Å². The van der Waals surface area contributed by atoms with E-state index in [0.29, 0.717) is 0 Å². The Morgan fingerprint density at radius 2 is 2.00 bits per heavy atom. The minimum Gasteiger partial charge on any atom is -0.370 e. The maximum Gasteiger partial charge on any atom is 0.112 e. The van der Waals surface area contributed by atoms with Crippen LogP contribution in [0.25, 0.3) is 11.0 Å². The molecule has 0 spiro atoms. The summed E-state index contributed by atoms with van der Waals surface area (Å²) in [6.45, 7) is 5.29. The number of anilines is 1. The number of aromatic nitrogens is 2. The highest BCUT2D eigenvalue weighted by atomic mass is 79.9. The zero-order valence-corrected chi connectivity index (χ0v) is 13.9. The van der Waals surface area contributed by atoms with Crippen LogP contribution >= 0.6 is 15.9 Å². The molecule has 4 nitrogen and oxygen atoms in total. The highest BCUT2D eigenvalue weighted by Gasteiger charge is 2.10. The number of nitrogens with zero attached hydrogens (tertiary/aromatic N) is 4. The van der Waals surface area contributed by atoms with Gasteiger partial charge in [0.15, 0.2) is 0 Å². The molecule has 0 aliphatic rings. The average Bonchev–Trinajstić information content (AvgIpc) is 2.42. The Balaban J connectivity index is 2.25. The monoisotopic (exact) mass is 336 g/mol. The van der Waals surface area contributed by atoms with Gasteiger partial charge in [0.25, 0.3) is 0 Å². The van der Waals surface area contributed by atoms with Crippen molar-refractivity contribution in [1.29, 1.82) is 0 Å². The van der Waals surface area contributed by atoms with Crippen molar-refractivity contribution in [2.75, 3.05) is 38.6 Å². The molecule has 0 bridgehead atoms. The Kier molecular flexibility index (Phi) is 5.31. The van der Waals surface area contributed by atoms with Crippen LogP contribution in [0.2, 0.25) is 0 Å². The molecule has 0 unspecified atom stereocenters. The fourth-order valence-corrected chi connectivity index (χ4v) is 2.59. The largest absolute Gasteiger partial charge is 0.370 e. The Hall–Kier alpha value is -1.20. The summed E-state index contributed by atoms with van der Waals surface area (Å²) in [7, 11) is 4.22. The van der Waals surface area contributed by atoms with Crippen molar-refractivity contribution >= 4 is 32.7 Å². The molecule has 0 radical (unpaired) electrons. The average molecular weight is 337 g/mol. The number of pyridine rings is 2. The zero-order valence-electron chi connectivity index (χ0n) is 12.3. The first-order chi connectivity index (χ1) is 9.61. The van der Waals surface area contributed by atoms with Crippen LogP contribution in [-0.2, 0) is 0 Å². The lowest BCUT2D eigenvalue weighted by Crippen LogP contribution is -2.27. The van der Waals surface area contributed by atoms with E-state index in [0.717, 1.165) is 41.6 Å². The minimum atomic E-state index is 0.933. The smallest absolute Gasteiger partial charge is 0.112 e. The predicted molar refractivity (Wildman–Crippen MR) is 88.3 cm³/mol. The van der Waals surface area contributed by atoms with Gasteiger partial charge in [0.1, 0.15) is 5.52 Å². The molecule has 0 aliphatic heterocycles. The van der Waals surface area contributed by atoms with Crippen molar-refractivity contribution in [3.8, 4) is 0 Å². The van der Waals surface area contributed by atoms with E-state index in [1.165, 1.54) is 5.69 Å². The number of hydrogen-bond acceptors (Lipinski definition) is 4. The van der Waals surface area contributed by atoms with Gasteiger partial charge in [0, 0.05) is 30.0 Å². The number of fused-ring (bicyclic) bond motifs is 1. The lowest BCUT2D eigenvalue weighted by molar-refractivity contribution is 0.400. The van der Waals surface area contributed by atoms with Crippen LogP contribution in [0.4, 0.5) is 5.69 Å². The van der Waals surface area contributed by atoms with Gasteiger partial charge in [-0.2, -0.15) is 0 Å². The lowest BCUT2D eigenvalue weighted by atomic mass is 10.2. The van der Waals surface area contributed by atoms with E-state index < -0.39 is 0 Å². The Morgan fingerprint density at radius 3 is 2.70 bits per heavy atom. The summed E-state index contributed by atoms with van der Waals surface area (Å²) in [5.41, 5.74) is 3.08. The van der Waals surface area contributed by atoms with Gasteiger partial charge in [0.2, 0.25) is 0 Å². The molecule has 108 valence electrons. The van der Waals surface area contributed by atoms with Crippen molar-refractivity contribution in [2.45, 2.75) is 13.3 Å². The molecule has 2 rings (SSSR count). The van der Waals surface area contributed by atoms with E-state index in [1.807, 2.05) is 18.5 Å². The first-order valence-corrected chi connectivity index (χ1v) is 7.71. The van der Waals surface area contributed by atoms with Crippen molar-refractivity contribution in [3.05, 3.63) is 29.0 Å². The molecule has 0 fully saturated rings. The Labute approximate surface area is 128 Å². The zero-order chi connectivity index (χ0) is 14.5. The maximum absolute atomic E-state index is 4.53. The maximum atomic E-state index is 4.53. The molecule has 0 saturated carbocycles. The first kappa shape index (κ1) is 15.2. The lowest BCUT2D eigenvalue weighted by Gasteiger charge is -2.24. The normalized spacial score (nSPS) is 11.2. The molecule has 0 aromatic carbocycles. The van der Waals surface area contributed by atoms with Crippen molar-refractivity contribution in [3.63, 3.8) is 0 Å². The summed E-state index contributed by atoms with van der Waals surface area (Å²) in [6.07, 6.45) is 4.84. The SMILES string of the molecule is CCN(CCCN(C)C)c1ccnc2cc(Br)cnc12. The second-order valence-electron chi connectivity index (χ2n) is 5.09. The van der Waals surface area contributed by atoms with Gasteiger partial charge in [0.05, 0.1) is 11.2 Å². The van der Waals surface area contributed by atoms with Gasteiger partial charge in [-0.1, -0.05) is 0 Å². The van der Waals surface area contributed by atoms with Gasteiger partial charge in [-0.3, -0.25) is 9.97 Å². The predicted octanol–water partition coefficient (Wildman–Crippen LogP) is 3.17. The van der Waals surface area contributed by atoms with Crippen molar-refractivity contribution < 1.29 is 0 Å². The summed E-state index contributed by atoms with van der Waals surface area (Å²) in [5, 5.41) is 0. The van der Waals surface area contributed by atoms with Crippen LogP contribution in [0, 0.1) is 0 Å². The number of hydrogen-bond donors (Lipinski definition) is 0. The quantitative estimate of drug-likeness (QED) is 0.810. The van der Waals surface area contributed by atoms with E-state index in [2.05, 4.69) is 62.8 Å². The summed E-state index contributed by atoms with van der Waals surface area (Å²) >= 11 is 3.45.